The molecule has 1 amide bonds. The van der Waals surface area contributed by atoms with Crippen molar-refractivity contribution in [1.29, 1.82) is 0 Å². The maximum absolute atomic E-state index is 15.4. The number of hydrogen-bond acceptors (Lipinski definition) is 10. The van der Waals surface area contributed by atoms with E-state index in [-0.39, 0.29) is 22.2 Å². The number of likely N-dealkylation sites (N-methyl/N-ethyl adjacent to an activating group) is 1. The molecule has 14 nitrogen and oxygen atoms in total. The minimum atomic E-state index is -1.99. The summed E-state index contributed by atoms with van der Waals surface area (Å²) in [5.41, 5.74) is 4.43. The van der Waals surface area contributed by atoms with Crippen molar-refractivity contribution >= 4 is 34.1 Å². The van der Waals surface area contributed by atoms with Gasteiger partial charge in [0.25, 0.3) is 0 Å². The summed E-state index contributed by atoms with van der Waals surface area (Å²) in [7, 11) is 4.48. The SMILES string of the molecule is COc1cc2c(cc1C)oc(=O)n2C(C(=O)O)C(C(=O)N(C)C(CN1CCOCC1)c1ccc(-c2ccccc2)cc1)n1c(=O)oc2cc(C)c(OC)cc21. The summed E-state index contributed by atoms with van der Waals surface area (Å²) < 4.78 is 29.8. The molecule has 0 radical (unpaired) electrons. The van der Waals surface area contributed by atoms with Crippen molar-refractivity contribution in [2.24, 2.45) is 0 Å². The molecular formula is C41H42N4O10. The summed E-state index contributed by atoms with van der Waals surface area (Å²) in [6, 6.07) is 19.4. The van der Waals surface area contributed by atoms with Crippen LogP contribution in [0.3, 0.4) is 0 Å². The standard InChI is InChI=1S/C41H42N4O10/c1-24-19-34-29(21-32(24)51-4)44(40(49)54-34)36(37(39(47)48)45-30-22-33(52-5)25(2)20-35(30)55-41(45)50)38(46)42(3)31(23-43-15-17-53-18-16-43)28-13-11-27(12-14-28)26-9-7-6-8-10-26/h6-14,19-22,31,36-37H,15-18,23H2,1-5H3,(H,47,48). The Morgan fingerprint density at radius 1 is 0.764 bits per heavy atom. The highest BCUT2D eigenvalue weighted by Crippen LogP contribution is 2.36. The second kappa shape index (κ2) is 15.3. The lowest BCUT2D eigenvalue weighted by Gasteiger charge is -2.37. The summed E-state index contributed by atoms with van der Waals surface area (Å²) in [5.74, 6) is -3.61. The average Bonchev–Trinajstić information content (AvgIpc) is 3.67. The first-order valence-electron chi connectivity index (χ1n) is 17.8. The van der Waals surface area contributed by atoms with Gasteiger partial charge in [-0.05, 0) is 53.8 Å². The van der Waals surface area contributed by atoms with Crippen molar-refractivity contribution in [2.45, 2.75) is 32.0 Å². The Morgan fingerprint density at radius 2 is 1.27 bits per heavy atom. The van der Waals surface area contributed by atoms with Crippen LogP contribution in [0.25, 0.3) is 33.3 Å². The van der Waals surface area contributed by atoms with Gasteiger partial charge in [0.1, 0.15) is 11.5 Å². The molecular weight excluding hydrogens is 708 g/mol. The van der Waals surface area contributed by atoms with E-state index in [2.05, 4.69) is 4.90 Å². The molecule has 3 unspecified atom stereocenters. The number of aliphatic carboxylic acids is 1. The number of carboxylic acids is 1. The number of aromatic nitrogens is 2. The molecule has 1 aliphatic heterocycles. The number of hydrogen-bond donors (Lipinski definition) is 1. The fourth-order valence-corrected chi connectivity index (χ4v) is 7.44. The van der Waals surface area contributed by atoms with E-state index < -0.39 is 41.5 Å². The van der Waals surface area contributed by atoms with Crippen LogP contribution in [0.4, 0.5) is 0 Å². The Morgan fingerprint density at radius 3 is 1.78 bits per heavy atom. The first-order chi connectivity index (χ1) is 26.5. The largest absolute Gasteiger partial charge is 0.496 e. The summed E-state index contributed by atoms with van der Waals surface area (Å²) in [4.78, 5) is 60.4. The highest BCUT2D eigenvalue weighted by atomic mass is 16.5. The molecule has 1 fully saturated rings. The van der Waals surface area contributed by atoms with Gasteiger partial charge in [-0.2, -0.15) is 0 Å². The van der Waals surface area contributed by atoms with E-state index in [1.807, 2.05) is 54.6 Å². The monoisotopic (exact) mass is 750 g/mol. The topological polar surface area (TPSA) is 159 Å². The summed E-state index contributed by atoms with van der Waals surface area (Å²) in [6.45, 7) is 6.14. The molecule has 0 aliphatic carbocycles. The van der Waals surface area contributed by atoms with Crippen LogP contribution in [-0.2, 0) is 14.3 Å². The van der Waals surface area contributed by atoms with Crippen molar-refractivity contribution in [3.8, 4) is 22.6 Å². The number of carbonyl (C=O) groups is 2. The number of fused-ring (bicyclic) bond motifs is 2. The highest BCUT2D eigenvalue weighted by Gasteiger charge is 2.44. The molecule has 4 aromatic carbocycles. The van der Waals surface area contributed by atoms with Crippen LogP contribution in [-0.4, -0.2) is 90.0 Å². The highest BCUT2D eigenvalue weighted by molar-refractivity contribution is 5.91. The third-order valence-corrected chi connectivity index (χ3v) is 10.4. The van der Waals surface area contributed by atoms with E-state index in [0.29, 0.717) is 55.5 Å². The predicted molar refractivity (Wildman–Crippen MR) is 204 cm³/mol. The van der Waals surface area contributed by atoms with Crippen LogP contribution >= 0.6 is 0 Å². The first-order valence-corrected chi connectivity index (χ1v) is 17.8. The van der Waals surface area contributed by atoms with Gasteiger partial charge in [0.15, 0.2) is 23.2 Å². The van der Waals surface area contributed by atoms with Crippen LogP contribution in [0.2, 0.25) is 0 Å². The van der Waals surface area contributed by atoms with Gasteiger partial charge in [0.05, 0.1) is 44.5 Å². The van der Waals surface area contributed by atoms with Gasteiger partial charge >= 0.3 is 17.5 Å². The second-order valence-corrected chi connectivity index (χ2v) is 13.6. The number of methoxy groups -OCH3 is 2. The van der Waals surface area contributed by atoms with Gasteiger partial charge in [-0.1, -0.05) is 54.6 Å². The third kappa shape index (κ3) is 7.01. The molecule has 6 aromatic rings. The quantitative estimate of drug-likeness (QED) is 0.175. The molecule has 7 rings (SSSR count). The summed E-state index contributed by atoms with van der Waals surface area (Å²) in [5, 5.41) is 11.1. The molecule has 1 N–H and O–H groups in total. The fraction of sp³-hybridized carbons (Fsp3) is 0.317. The van der Waals surface area contributed by atoms with Crippen molar-refractivity contribution in [1.82, 2.24) is 18.9 Å². The van der Waals surface area contributed by atoms with Crippen molar-refractivity contribution < 1.29 is 37.7 Å². The number of nitrogens with zero attached hydrogens (tertiary/aromatic N) is 4. The van der Waals surface area contributed by atoms with Crippen LogP contribution < -0.4 is 21.0 Å². The van der Waals surface area contributed by atoms with Gasteiger partial charge in [0.2, 0.25) is 5.91 Å². The molecule has 0 saturated carbocycles. The van der Waals surface area contributed by atoms with E-state index in [9.17, 15) is 19.5 Å². The minimum absolute atomic E-state index is 0.0657. The predicted octanol–water partition coefficient (Wildman–Crippen LogP) is 5.20. The maximum Gasteiger partial charge on any atom is 0.420 e. The molecule has 1 aliphatic rings. The van der Waals surface area contributed by atoms with E-state index >= 15 is 4.79 Å². The molecule has 1 saturated heterocycles. The van der Waals surface area contributed by atoms with E-state index in [1.165, 1.54) is 31.3 Å². The van der Waals surface area contributed by atoms with Crippen LogP contribution in [0.1, 0.15) is 34.8 Å². The van der Waals surface area contributed by atoms with Crippen molar-refractivity contribution in [2.75, 3.05) is 54.1 Å². The first kappa shape index (κ1) is 37.2. The Labute approximate surface area is 315 Å². The molecule has 14 heteroatoms. The van der Waals surface area contributed by atoms with E-state index in [0.717, 1.165) is 25.8 Å². The van der Waals surface area contributed by atoms with Crippen LogP contribution in [0.5, 0.6) is 11.5 Å². The molecule has 3 heterocycles. The van der Waals surface area contributed by atoms with Crippen molar-refractivity contribution in [3.05, 3.63) is 117 Å². The zero-order valence-electron chi connectivity index (χ0n) is 31.2. The Kier molecular flexibility index (Phi) is 10.4. The number of ether oxygens (including phenoxy) is 3. The van der Waals surface area contributed by atoms with Gasteiger partial charge < -0.3 is 33.1 Å². The number of benzene rings is 4. The number of carboxylic acid groups (broad SMARTS) is 1. The zero-order chi connectivity index (χ0) is 39.0. The Bertz CT molecular complexity index is 2470. The molecule has 3 atom stereocenters. The lowest BCUT2D eigenvalue weighted by molar-refractivity contribution is -0.149. The van der Waals surface area contributed by atoms with E-state index in [4.69, 9.17) is 23.0 Å². The average molecular weight is 751 g/mol. The summed E-state index contributed by atoms with van der Waals surface area (Å²) >= 11 is 0. The smallest absolute Gasteiger partial charge is 0.420 e. The Hall–Kier alpha value is -6.12. The maximum atomic E-state index is 15.4. The molecule has 0 spiro atoms. The normalized spacial score (nSPS) is 15.1. The van der Waals surface area contributed by atoms with Gasteiger partial charge in [-0.15, -0.1) is 0 Å². The molecule has 0 bridgehead atoms. The number of aryl methyl sites for hydroxylation is 2. The number of rotatable bonds is 12. The van der Waals surface area contributed by atoms with Crippen LogP contribution in [0, 0.1) is 13.8 Å². The number of amides is 1. The van der Waals surface area contributed by atoms with Gasteiger partial charge in [0, 0.05) is 38.8 Å². The zero-order valence-corrected chi connectivity index (χ0v) is 31.2. The lowest BCUT2D eigenvalue weighted by Crippen LogP contribution is -2.49. The molecule has 286 valence electrons. The number of morpholine rings is 1. The number of oxazole rings is 2. The third-order valence-electron chi connectivity index (χ3n) is 10.4. The van der Waals surface area contributed by atoms with Crippen molar-refractivity contribution in [3.63, 3.8) is 0 Å². The Balaban J connectivity index is 1.42. The van der Waals surface area contributed by atoms with E-state index in [1.54, 1.807) is 33.0 Å². The molecule has 2 aromatic heterocycles. The summed E-state index contributed by atoms with van der Waals surface area (Å²) in [6.07, 6.45) is 0. The van der Waals surface area contributed by atoms with Crippen LogP contribution in [0.15, 0.2) is 97.3 Å². The van der Waals surface area contributed by atoms with Gasteiger partial charge in [-0.25, -0.2) is 14.4 Å². The fourth-order valence-electron chi connectivity index (χ4n) is 7.44. The van der Waals surface area contributed by atoms with Gasteiger partial charge in [-0.3, -0.25) is 18.8 Å². The second-order valence-electron chi connectivity index (χ2n) is 13.6. The lowest BCUT2D eigenvalue weighted by atomic mass is 9.98. The molecule has 55 heavy (non-hydrogen) atoms. The minimum Gasteiger partial charge on any atom is -0.496 e. The number of carbonyl (C=O) groups excluding carboxylic acids is 1.